The minimum atomic E-state index is -0.366. The van der Waals surface area contributed by atoms with Gasteiger partial charge in [-0.25, -0.2) is 4.79 Å². The van der Waals surface area contributed by atoms with E-state index in [1.807, 2.05) is 37.3 Å². The van der Waals surface area contributed by atoms with Gasteiger partial charge in [-0.1, -0.05) is 36.4 Å². The molecular weight excluding hydrogens is 340 g/mol. The summed E-state index contributed by atoms with van der Waals surface area (Å²) < 4.78 is 17.2. The summed E-state index contributed by atoms with van der Waals surface area (Å²) in [6.07, 6.45) is 5.40. The first kappa shape index (κ1) is 19.0. The van der Waals surface area contributed by atoms with Crippen molar-refractivity contribution in [3.8, 4) is 11.5 Å². The van der Waals surface area contributed by atoms with Gasteiger partial charge < -0.3 is 14.2 Å². The van der Waals surface area contributed by atoms with Gasteiger partial charge in [0.05, 0.1) is 24.3 Å². The average Bonchev–Trinajstić information content (AvgIpc) is 3.21. The fourth-order valence-electron chi connectivity index (χ4n) is 3.26. The normalized spacial score (nSPS) is 13.2. The van der Waals surface area contributed by atoms with Crippen LogP contribution in [-0.2, 0) is 11.3 Å². The zero-order chi connectivity index (χ0) is 19.1. The van der Waals surface area contributed by atoms with E-state index in [9.17, 15) is 4.79 Å². The SMILES string of the molecule is CCOC(=O)c1cc(OCC)c(C2=CCCC2)c(OCc2ccccc2)c1. The van der Waals surface area contributed by atoms with Gasteiger partial charge in [0, 0.05) is 0 Å². The number of hydrogen-bond acceptors (Lipinski definition) is 4. The predicted molar refractivity (Wildman–Crippen MR) is 106 cm³/mol. The molecule has 0 saturated heterocycles. The molecule has 0 spiro atoms. The standard InChI is InChI=1S/C23H26O4/c1-3-25-20-14-19(23(24)26-4-2)15-21(22(20)18-12-8-9-13-18)27-16-17-10-6-5-7-11-17/h5-7,10-12,14-15H,3-4,8-9,13,16H2,1-2H3. The first-order valence-corrected chi connectivity index (χ1v) is 9.57. The number of allylic oxidation sites excluding steroid dienone is 2. The minimum Gasteiger partial charge on any atom is -0.493 e. The van der Waals surface area contributed by atoms with Crippen LogP contribution in [-0.4, -0.2) is 19.2 Å². The summed E-state index contributed by atoms with van der Waals surface area (Å²) in [6.45, 7) is 5.01. The topological polar surface area (TPSA) is 44.8 Å². The molecule has 0 amide bonds. The second kappa shape index (κ2) is 9.26. The van der Waals surface area contributed by atoms with Crippen LogP contribution in [0.15, 0.2) is 48.5 Å². The van der Waals surface area contributed by atoms with Crippen LogP contribution in [0.1, 0.15) is 54.6 Å². The first-order valence-electron chi connectivity index (χ1n) is 9.57. The quantitative estimate of drug-likeness (QED) is 0.586. The smallest absolute Gasteiger partial charge is 0.338 e. The molecule has 0 bridgehead atoms. The molecule has 2 aromatic carbocycles. The molecular formula is C23H26O4. The number of carbonyl (C=O) groups excluding carboxylic acids is 1. The van der Waals surface area contributed by atoms with Crippen LogP contribution >= 0.6 is 0 Å². The third kappa shape index (κ3) is 4.70. The summed E-state index contributed by atoms with van der Waals surface area (Å²) in [4.78, 5) is 12.3. The maximum atomic E-state index is 12.3. The largest absolute Gasteiger partial charge is 0.493 e. The number of esters is 1. The van der Waals surface area contributed by atoms with E-state index in [1.165, 1.54) is 5.57 Å². The van der Waals surface area contributed by atoms with Crippen molar-refractivity contribution in [2.75, 3.05) is 13.2 Å². The molecule has 27 heavy (non-hydrogen) atoms. The van der Waals surface area contributed by atoms with Crippen molar-refractivity contribution in [3.63, 3.8) is 0 Å². The van der Waals surface area contributed by atoms with Gasteiger partial charge >= 0.3 is 5.97 Å². The lowest BCUT2D eigenvalue weighted by Gasteiger charge is -2.18. The fourth-order valence-corrected chi connectivity index (χ4v) is 3.26. The number of carbonyl (C=O) groups is 1. The zero-order valence-electron chi connectivity index (χ0n) is 16.0. The van der Waals surface area contributed by atoms with Gasteiger partial charge in [-0.15, -0.1) is 0 Å². The molecule has 0 aliphatic heterocycles. The Morgan fingerprint density at radius 1 is 1.00 bits per heavy atom. The van der Waals surface area contributed by atoms with Crippen molar-refractivity contribution >= 4 is 11.5 Å². The zero-order valence-corrected chi connectivity index (χ0v) is 16.0. The molecule has 1 aliphatic carbocycles. The lowest BCUT2D eigenvalue weighted by atomic mass is 10.0. The lowest BCUT2D eigenvalue weighted by molar-refractivity contribution is 0.0525. The van der Waals surface area contributed by atoms with Crippen molar-refractivity contribution in [1.82, 2.24) is 0 Å². The summed E-state index contributed by atoms with van der Waals surface area (Å²) in [6, 6.07) is 13.5. The van der Waals surface area contributed by atoms with Crippen LogP contribution in [0.5, 0.6) is 11.5 Å². The Kier molecular flexibility index (Phi) is 6.53. The maximum absolute atomic E-state index is 12.3. The second-order valence-corrected chi connectivity index (χ2v) is 6.40. The van der Waals surface area contributed by atoms with Crippen molar-refractivity contribution in [1.29, 1.82) is 0 Å². The Bertz CT molecular complexity index is 809. The highest BCUT2D eigenvalue weighted by atomic mass is 16.5. The maximum Gasteiger partial charge on any atom is 0.338 e. The van der Waals surface area contributed by atoms with E-state index < -0.39 is 0 Å². The molecule has 0 saturated carbocycles. The highest BCUT2D eigenvalue weighted by Crippen LogP contribution is 2.41. The van der Waals surface area contributed by atoms with Crippen LogP contribution in [0.4, 0.5) is 0 Å². The molecule has 142 valence electrons. The summed E-state index contributed by atoms with van der Waals surface area (Å²) >= 11 is 0. The third-order valence-electron chi connectivity index (χ3n) is 4.48. The summed E-state index contributed by atoms with van der Waals surface area (Å²) in [5, 5.41) is 0. The number of rotatable bonds is 8. The summed E-state index contributed by atoms with van der Waals surface area (Å²) in [5.74, 6) is 0.982. The Labute approximate surface area is 160 Å². The molecule has 0 unspecified atom stereocenters. The molecule has 0 aromatic heterocycles. The van der Waals surface area contributed by atoms with Gasteiger partial charge in [0.1, 0.15) is 18.1 Å². The Morgan fingerprint density at radius 2 is 1.74 bits per heavy atom. The van der Waals surface area contributed by atoms with E-state index in [1.54, 1.807) is 19.1 Å². The van der Waals surface area contributed by atoms with Crippen LogP contribution in [0.3, 0.4) is 0 Å². The number of ether oxygens (including phenoxy) is 3. The molecule has 0 atom stereocenters. The molecule has 0 heterocycles. The van der Waals surface area contributed by atoms with Gasteiger partial charge in [0.2, 0.25) is 0 Å². The highest BCUT2D eigenvalue weighted by molar-refractivity contribution is 5.92. The van der Waals surface area contributed by atoms with Gasteiger partial charge in [-0.05, 0) is 56.4 Å². The molecule has 3 rings (SSSR count). The predicted octanol–water partition coefficient (Wildman–Crippen LogP) is 5.41. The van der Waals surface area contributed by atoms with Crippen molar-refractivity contribution < 1.29 is 19.0 Å². The van der Waals surface area contributed by atoms with Crippen LogP contribution in [0.25, 0.3) is 5.57 Å². The third-order valence-corrected chi connectivity index (χ3v) is 4.48. The van der Waals surface area contributed by atoms with E-state index in [4.69, 9.17) is 14.2 Å². The number of hydrogen-bond donors (Lipinski definition) is 0. The van der Waals surface area contributed by atoms with Gasteiger partial charge in [-0.2, -0.15) is 0 Å². The van der Waals surface area contributed by atoms with Crippen molar-refractivity contribution in [2.24, 2.45) is 0 Å². The first-order chi connectivity index (χ1) is 13.2. The number of benzene rings is 2. The summed E-state index contributed by atoms with van der Waals surface area (Å²) in [5.41, 5.74) is 3.70. The lowest BCUT2D eigenvalue weighted by Crippen LogP contribution is -2.08. The van der Waals surface area contributed by atoms with E-state index in [0.29, 0.717) is 36.9 Å². The Hall–Kier alpha value is -2.75. The van der Waals surface area contributed by atoms with Gasteiger partial charge in [-0.3, -0.25) is 0 Å². The second-order valence-electron chi connectivity index (χ2n) is 6.40. The molecule has 4 nitrogen and oxygen atoms in total. The molecule has 0 N–H and O–H groups in total. The van der Waals surface area contributed by atoms with Gasteiger partial charge in [0.15, 0.2) is 0 Å². The molecule has 0 radical (unpaired) electrons. The summed E-state index contributed by atoms with van der Waals surface area (Å²) in [7, 11) is 0. The van der Waals surface area contributed by atoms with Gasteiger partial charge in [0.25, 0.3) is 0 Å². The molecule has 0 fully saturated rings. The van der Waals surface area contributed by atoms with E-state index in [0.717, 1.165) is 30.4 Å². The van der Waals surface area contributed by atoms with Crippen LogP contribution in [0.2, 0.25) is 0 Å². The molecule has 4 heteroatoms. The van der Waals surface area contributed by atoms with Crippen molar-refractivity contribution in [3.05, 3.63) is 65.2 Å². The van der Waals surface area contributed by atoms with Crippen LogP contribution < -0.4 is 9.47 Å². The van der Waals surface area contributed by atoms with Crippen LogP contribution in [0, 0.1) is 0 Å². The Morgan fingerprint density at radius 3 is 2.37 bits per heavy atom. The molecule has 1 aliphatic rings. The average molecular weight is 366 g/mol. The molecule has 2 aromatic rings. The highest BCUT2D eigenvalue weighted by Gasteiger charge is 2.22. The fraction of sp³-hybridized carbons (Fsp3) is 0.348. The van der Waals surface area contributed by atoms with Crippen molar-refractivity contribution in [2.45, 2.75) is 39.7 Å². The Balaban J connectivity index is 2.00. The minimum absolute atomic E-state index is 0.329. The van der Waals surface area contributed by atoms with E-state index in [-0.39, 0.29) is 5.97 Å². The van der Waals surface area contributed by atoms with E-state index in [2.05, 4.69) is 6.08 Å². The monoisotopic (exact) mass is 366 g/mol. The van der Waals surface area contributed by atoms with E-state index >= 15 is 0 Å².